The number of aryl methyl sites for hydroxylation is 1. The van der Waals surface area contributed by atoms with E-state index in [2.05, 4.69) is 5.10 Å². The standard InChI is InChI=1S/C15H17N3O3S/c1-10-6-8-11(9-7-10)18-13-5-3-4-12(13)14(16-18)15(19)17-22(2,20)21/h6-9H,3-5H2,1-2H3,(H,17,19). The number of nitrogens with zero attached hydrogens (tertiary/aromatic N) is 2. The molecule has 1 amide bonds. The summed E-state index contributed by atoms with van der Waals surface area (Å²) >= 11 is 0. The van der Waals surface area contributed by atoms with Crippen molar-refractivity contribution in [1.82, 2.24) is 14.5 Å². The predicted octanol–water partition coefficient (Wildman–Crippen LogP) is 1.36. The van der Waals surface area contributed by atoms with Crippen LogP contribution in [0.15, 0.2) is 24.3 Å². The zero-order chi connectivity index (χ0) is 15.9. The molecule has 0 aliphatic heterocycles. The maximum absolute atomic E-state index is 12.2. The first-order chi connectivity index (χ1) is 10.3. The van der Waals surface area contributed by atoms with E-state index in [0.717, 1.165) is 48.0 Å². The topological polar surface area (TPSA) is 81.1 Å². The molecule has 1 heterocycles. The number of amides is 1. The lowest BCUT2D eigenvalue weighted by molar-refractivity contribution is 0.0975. The molecule has 0 fully saturated rings. The van der Waals surface area contributed by atoms with E-state index in [4.69, 9.17) is 0 Å². The van der Waals surface area contributed by atoms with Crippen LogP contribution in [0, 0.1) is 6.92 Å². The summed E-state index contributed by atoms with van der Waals surface area (Å²) in [6, 6.07) is 7.85. The molecule has 0 bridgehead atoms. The molecule has 1 aliphatic rings. The van der Waals surface area contributed by atoms with Crippen LogP contribution in [-0.2, 0) is 22.9 Å². The van der Waals surface area contributed by atoms with Gasteiger partial charge in [0.25, 0.3) is 5.91 Å². The van der Waals surface area contributed by atoms with Crippen molar-refractivity contribution in [2.45, 2.75) is 26.2 Å². The van der Waals surface area contributed by atoms with Gasteiger partial charge in [0.15, 0.2) is 5.69 Å². The minimum Gasteiger partial charge on any atom is -0.266 e. The van der Waals surface area contributed by atoms with Crippen molar-refractivity contribution in [2.24, 2.45) is 0 Å². The maximum Gasteiger partial charge on any atom is 0.285 e. The van der Waals surface area contributed by atoms with E-state index in [1.807, 2.05) is 35.9 Å². The van der Waals surface area contributed by atoms with Crippen LogP contribution in [-0.4, -0.2) is 30.4 Å². The Bertz CT molecular complexity index is 836. The SMILES string of the molecule is Cc1ccc(-n2nc(C(=O)NS(C)(=O)=O)c3c2CCC3)cc1. The lowest BCUT2D eigenvalue weighted by atomic mass is 10.2. The summed E-state index contributed by atoms with van der Waals surface area (Å²) in [6.07, 6.45) is 3.48. The average Bonchev–Trinajstić information content (AvgIpc) is 2.99. The van der Waals surface area contributed by atoms with Crippen LogP contribution in [0.25, 0.3) is 5.69 Å². The minimum absolute atomic E-state index is 0.207. The third-order valence-electron chi connectivity index (χ3n) is 3.70. The Hall–Kier alpha value is -2.15. The second-order valence-electron chi connectivity index (χ2n) is 5.58. The van der Waals surface area contributed by atoms with E-state index >= 15 is 0 Å². The molecule has 6 nitrogen and oxygen atoms in total. The quantitative estimate of drug-likeness (QED) is 0.926. The molecule has 1 aromatic carbocycles. The van der Waals surface area contributed by atoms with E-state index in [0.29, 0.717) is 0 Å². The van der Waals surface area contributed by atoms with E-state index in [9.17, 15) is 13.2 Å². The number of nitrogens with one attached hydrogen (secondary N) is 1. The maximum atomic E-state index is 12.2. The summed E-state index contributed by atoms with van der Waals surface area (Å²) in [6.45, 7) is 2.00. The zero-order valence-electron chi connectivity index (χ0n) is 12.5. The van der Waals surface area contributed by atoms with Crippen LogP contribution >= 0.6 is 0 Å². The number of fused-ring (bicyclic) bond motifs is 1. The molecule has 0 saturated heterocycles. The first-order valence-corrected chi connectivity index (χ1v) is 8.94. The van der Waals surface area contributed by atoms with Crippen molar-refractivity contribution >= 4 is 15.9 Å². The van der Waals surface area contributed by atoms with Gasteiger partial charge in [-0.3, -0.25) is 4.79 Å². The Morgan fingerprint density at radius 1 is 1.23 bits per heavy atom. The fourth-order valence-corrected chi connectivity index (χ4v) is 3.17. The lowest BCUT2D eigenvalue weighted by Gasteiger charge is -2.05. The monoisotopic (exact) mass is 319 g/mol. The lowest BCUT2D eigenvalue weighted by Crippen LogP contribution is -2.30. The van der Waals surface area contributed by atoms with Gasteiger partial charge in [0.2, 0.25) is 10.0 Å². The number of sulfonamides is 1. The molecule has 22 heavy (non-hydrogen) atoms. The summed E-state index contributed by atoms with van der Waals surface area (Å²) in [4.78, 5) is 12.2. The van der Waals surface area contributed by atoms with Gasteiger partial charge < -0.3 is 0 Å². The summed E-state index contributed by atoms with van der Waals surface area (Å²) in [5.74, 6) is -0.661. The Kier molecular flexibility index (Phi) is 3.52. The van der Waals surface area contributed by atoms with Gasteiger partial charge in [-0.2, -0.15) is 5.10 Å². The summed E-state index contributed by atoms with van der Waals surface area (Å²) < 4.78 is 26.3. The third-order valence-corrected chi connectivity index (χ3v) is 4.26. The molecule has 2 aromatic rings. The third kappa shape index (κ3) is 2.76. The second-order valence-corrected chi connectivity index (χ2v) is 7.33. The van der Waals surface area contributed by atoms with Crippen LogP contribution in [0.1, 0.15) is 33.7 Å². The second kappa shape index (κ2) is 5.24. The number of rotatable bonds is 3. The van der Waals surface area contributed by atoms with Crippen LogP contribution in [0.5, 0.6) is 0 Å². The number of aromatic nitrogens is 2. The normalized spacial score (nSPS) is 13.9. The van der Waals surface area contributed by atoms with Crippen molar-refractivity contribution in [1.29, 1.82) is 0 Å². The highest BCUT2D eigenvalue weighted by atomic mass is 32.2. The highest BCUT2D eigenvalue weighted by Gasteiger charge is 2.28. The van der Waals surface area contributed by atoms with Gasteiger partial charge in [0, 0.05) is 11.3 Å². The highest BCUT2D eigenvalue weighted by molar-refractivity contribution is 7.89. The molecule has 0 saturated carbocycles. The molecule has 1 aliphatic carbocycles. The first-order valence-electron chi connectivity index (χ1n) is 7.05. The van der Waals surface area contributed by atoms with Crippen LogP contribution in [0.3, 0.4) is 0 Å². The molecule has 1 N–H and O–H groups in total. The van der Waals surface area contributed by atoms with Crippen molar-refractivity contribution in [3.63, 3.8) is 0 Å². The molecule has 0 atom stereocenters. The number of hydrogen-bond donors (Lipinski definition) is 1. The van der Waals surface area contributed by atoms with Gasteiger partial charge in [0.1, 0.15) is 0 Å². The first kappa shape index (κ1) is 14.8. The Balaban J connectivity index is 2.05. The molecular weight excluding hydrogens is 302 g/mol. The molecule has 116 valence electrons. The average molecular weight is 319 g/mol. The minimum atomic E-state index is -3.60. The van der Waals surface area contributed by atoms with Crippen molar-refractivity contribution in [2.75, 3.05) is 6.26 Å². The zero-order valence-corrected chi connectivity index (χ0v) is 13.3. The molecule has 7 heteroatoms. The Morgan fingerprint density at radius 3 is 2.55 bits per heavy atom. The molecular formula is C15H17N3O3S. The van der Waals surface area contributed by atoms with Crippen LogP contribution in [0.2, 0.25) is 0 Å². The van der Waals surface area contributed by atoms with E-state index < -0.39 is 15.9 Å². The molecule has 0 unspecified atom stereocenters. The van der Waals surface area contributed by atoms with E-state index in [1.165, 1.54) is 0 Å². The van der Waals surface area contributed by atoms with Gasteiger partial charge in [-0.1, -0.05) is 17.7 Å². The number of benzene rings is 1. The summed E-state index contributed by atoms with van der Waals surface area (Å²) in [7, 11) is -3.60. The molecule has 1 aromatic heterocycles. The molecule has 0 radical (unpaired) electrons. The smallest absolute Gasteiger partial charge is 0.266 e. The molecule has 3 rings (SSSR count). The number of carbonyl (C=O) groups excluding carboxylic acids is 1. The van der Waals surface area contributed by atoms with Gasteiger partial charge in [-0.15, -0.1) is 0 Å². The fourth-order valence-electron chi connectivity index (χ4n) is 2.74. The van der Waals surface area contributed by atoms with Crippen molar-refractivity contribution < 1.29 is 13.2 Å². The van der Waals surface area contributed by atoms with E-state index in [1.54, 1.807) is 4.68 Å². The summed E-state index contributed by atoms with van der Waals surface area (Å²) in [5.41, 5.74) is 4.06. The largest absolute Gasteiger partial charge is 0.285 e. The van der Waals surface area contributed by atoms with E-state index in [-0.39, 0.29) is 5.69 Å². The van der Waals surface area contributed by atoms with Gasteiger partial charge in [-0.25, -0.2) is 17.8 Å². The Labute approximate surface area is 129 Å². The van der Waals surface area contributed by atoms with Gasteiger partial charge in [-0.05, 0) is 38.3 Å². The Morgan fingerprint density at radius 2 is 1.91 bits per heavy atom. The van der Waals surface area contributed by atoms with Crippen molar-refractivity contribution in [3.8, 4) is 5.69 Å². The fraction of sp³-hybridized carbons (Fsp3) is 0.333. The summed E-state index contributed by atoms with van der Waals surface area (Å²) in [5, 5.41) is 4.36. The molecule has 0 spiro atoms. The van der Waals surface area contributed by atoms with Crippen LogP contribution < -0.4 is 4.72 Å². The van der Waals surface area contributed by atoms with Gasteiger partial charge >= 0.3 is 0 Å². The number of hydrogen-bond acceptors (Lipinski definition) is 4. The number of carbonyl (C=O) groups is 1. The van der Waals surface area contributed by atoms with Crippen molar-refractivity contribution in [3.05, 3.63) is 46.8 Å². The van der Waals surface area contributed by atoms with Gasteiger partial charge in [0.05, 0.1) is 11.9 Å². The van der Waals surface area contributed by atoms with Crippen LogP contribution in [0.4, 0.5) is 0 Å². The highest BCUT2D eigenvalue weighted by Crippen LogP contribution is 2.28. The predicted molar refractivity (Wildman–Crippen MR) is 82.6 cm³/mol.